The second-order valence-electron chi connectivity index (χ2n) is 3.94. The maximum absolute atomic E-state index is 11.9. The van der Waals surface area contributed by atoms with E-state index in [-0.39, 0.29) is 5.91 Å². The number of carboxylic acids is 1. The first kappa shape index (κ1) is 15.6. The summed E-state index contributed by atoms with van der Waals surface area (Å²) in [5.74, 6) is -1.55. The van der Waals surface area contributed by atoms with Gasteiger partial charge in [0.25, 0.3) is 0 Å². The molecule has 1 aromatic rings. The first-order valence-electron chi connectivity index (χ1n) is 5.54. The maximum atomic E-state index is 11.9. The van der Waals surface area contributed by atoms with Crippen molar-refractivity contribution >= 4 is 42.1 Å². The number of rotatable bonds is 6. The van der Waals surface area contributed by atoms with Crippen LogP contribution in [-0.4, -0.2) is 45.5 Å². The van der Waals surface area contributed by atoms with Crippen molar-refractivity contribution in [2.75, 3.05) is 12.3 Å². The Morgan fingerprint density at radius 1 is 1.68 bits per heavy atom. The Bertz CT molecular complexity index is 487. The highest BCUT2D eigenvalue weighted by molar-refractivity contribution is 7.80. The van der Waals surface area contributed by atoms with Crippen LogP contribution in [0.15, 0.2) is 10.5 Å². The molecule has 0 saturated heterocycles. The van der Waals surface area contributed by atoms with Crippen LogP contribution in [-0.2, 0) is 9.59 Å². The molecule has 0 aromatic carbocycles. The number of hydrogen-bond donors (Lipinski definition) is 2. The van der Waals surface area contributed by atoms with Crippen molar-refractivity contribution in [2.45, 2.75) is 13.8 Å². The predicted octanol–water partition coefficient (Wildman–Crippen LogP) is 1.26. The summed E-state index contributed by atoms with van der Waals surface area (Å²) in [5.41, 5.74) is 0.853. The van der Waals surface area contributed by atoms with Crippen LogP contribution in [0, 0.1) is 12.8 Å². The highest BCUT2D eigenvalue weighted by Crippen LogP contribution is 2.08. The minimum Gasteiger partial charge on any atom is -0.480 e. The third-order valence-electron chi connectivity index (χ3n) is 2.18. The molecule has 0 radical (unpaired) electrons. The highest BCUT2D eigenvalue weighted by atomic mass is 32.1. The highest BCUT2D eigenvalue weighted by Gasteiger charge is 2.21. The van der Waals surface area contributed by atoms with Crippen molar-refractivity contribution in [3.63, 3.8) is 0 Å². The Labute approximate surface area is 120 Å². The maximum Gasteiger partial charge on any atom is 0.325 e. The molecule has 0 aliphatic rings. The zero-order valence-corrected chi connectivity index (χ0v) is 12.3. The smallest absolute Gasteiger partial charge is 0.325 e. The van der Waals surface area contributed by atoms with Crippen LogP contribution >= 0.6 is 24.0 Å². The summed E-state index contributed by atoms with van der Waals surface area (Å²) in [7, 11) is 0. The number of aliphatic carboxylic acids is 1. The van der Waals surface area contributed by atoms with Crippen molar-refractivity contribution in [3.05, 3.63) is 16.1 Å². The van der Waals surface area contributed by atoms with Crippen LogP contribution in [0.3, 0.4) is 0 Å². The molecule has 0 bridgehead atoms. The van der Waals surface area contributed by atoms with Crippen molar-refractivity contribution in [3.8, 4) is 0 Å². The van der Waals surface area contributed by atoms with Gasteiger partial charge < -0.3 is 5.11 Å². The number of carbonyl (C=O) groups excluding carboxylic acids is 1. The molecule has 0 spiro atoms. The van der Waals surface area contributed by atoms with Crippen molar-refractivity contribution in [1.82, 2.24) is 9.99 Å². The Hall–Kier alpha value is -1.41. The molecule has 0 aliphatic heterocycles. The quantitative estimate of drug-likeness (QED) is 0.471. The number of carboxylic acid groups (broad SMARTS) is 1. The van der Waals surface area contributed by atoms with Crippen molar-refractivity contribution in [2.24, 2.45) is 11.0 Å². The lowest BCUT2D eigenvalue weighted by Crippen LogP contribution is -2.35. The van der Waals surface area contributed by atoms with Gasteiger partial charge in [0.05, 0.1) is 6.21 Å². The first-order valence-corrected chi connectivity index (χ1v) is 7.05. The van der Waals surface area contributed by atoms with Crippen LogP contribution in [0.5, 0.6) is 0 Å². The van der Waals surface area contributed by atoms with Crippen LogP contribution in [0.25, 0.3) is 0 Å². The number of amides is 1. The lowest BCUT2D eigenvalue weighted by Gasteiger charge is -2.17. The number of nitrogens with zero attached hydrogens (tertiary/aromatic N) is 3. The minimum absolute atomic E-state index is 0.334. The van der Waals surface area contributed by atoms with Gasteiger partial charge in [0.15, 0.2) is 0 Å². The van der Waals surface area contributed by atoms with Crippen molar-refractivity contribution < 1.29 is 14.7 Å². The Balaban J connectivity index is 2.82. The largest absolute Gasteiger partial charge is 0.480 e. The number of aromatic nitrogens is 1. The monoisotopic (exact) mass is 301 g/mol. The van der Waals surface area contributed by atoms with E-state index < -0.39 is 18.4 Å². The summed E-state index contributed by atoms with van der Waals surface area (Å²) in [5, 5.41) is 16.1. The van der Waals surface area contributed by atoms with Gasteiger partial charge in [0, 0.05) is 22.7 Å². The van der Waals surface area contributed by atoms with Crippen molar-refractivity contribution in [1.29, 1.82) is 0 Å². The molecule has 6 nitrogen and oxygen atoms in total. The van der Waals surface area contributed by atoms with E-state index in [0.29, 0.717) is 10.8 Å². The molecule has 1 rings (SSSR count). The van der Waals surface area contributed by atoms with E-state index in [9.17, 15) is 9.59 Å². The summed E-state index contributed by atoms with van der Waals surface area (Å²) in [6.07, 6.45) is 1.39. The molecule has 104 valence electrons. The zero-order valence-electron chi connectivity index (χ0n) is 10.6. The molecule has 0 saturated carbocycles. The van der Waals surface area contributed by atoms with Crippen LogP contribution in [0.1, 0.15) is 17.6 Å². The predicted molar refractivity (Wildman–Crippen MR) is 76.8 cm³/mol. The number of hydrazone groups is 1. The van der Waals surface area contributed by atoms with E-state index in [0.717, 1.165) is 10.7 Å². The minimum atomic E-state index is -1.12. The second kappa shape index (κ2) is 7.25. The first-order chi connectivity index (χ1) is 8.93. The van der Waals surface area contributed by atoms with E-state index in [1.807, 2.05) is 12.3 Å². The lowest BCUT2D eigenvalue weighted by atomic mass is 10.2. The number of carbonyl (C=O) groups is 2. The summed E-state index contributed by atoms with van der Waals surface area (Å²) in [6, 6.07) is 0. The lowest BCUT2D eigenvalue weighted by molar-refractivity contribution is -0.145. The summed E-state index contributed by atoms with van der Waals surface area (Å²) in [4.78, 5) is 26.8. The van der Waals surface area contributed by atoms with Gasteiger partial charge in [-0.3, -0.25) is 9.59 Å². The van der Waals surface area contributed by atoms with E-state index in [4.69, 9.17) is 5.11 Å². The van der Waals surface area contributed by atoms with Gasteiger partial charge in [-0.25, -0.2) is 9.99 Å². The molecule has 8 heteroatoms. The second-order valence-corrected chi connectivity index (χ2v) is 5.20. The molecule has 1 atom stereocenters. The van der Waals surface area contributed by atoms with E-state index >= 15 is 0 Å². The fourth-order valence-electron chi connectivity index (χ4n) is 1.19. The molecular formula is C11H15N3O3S2. The standard InChI is InChI=1S/C11H15N3O3S2/c1-7(5-18)11(17)14(4-10(15)16)12-3-9-13-8(2)6-19-9/h3,6-7,18H,4-5H2,1-2H3,(H,15,16)/b12-3-/t7-/m1/s1. The fraction of sp³-hybridized carbons (Fsp3) is 0.455. The van der Waals surface area contributed by atoms with Gasteiger partial charge in [-0.2, -0.15) is 17.7 Å². The summed E-state index contributed by atoms with van der Waals surface area (Å²) < 4.78 is 0. The number of thiazole rings is 1. The third-order valence-corrected chi connectivity index (χ3v) is 3.62. The van der Waals surface area contributed by atoms with Gasteiger partial charge in [-0.05, 0) is 6.92 Å². The van der Waals surface area contributed by atoms with Crippen LogP contribution in [0.2, 0.25) is 0 Å². The van der Waals surface area contributed by atoms with Crippen LogP contribution in [0.4, 0.5) is 0 Å². The van der Waals surface area contributed by atoms with E-state index in [1.54, 1.807) is 6.92 Å². The van der Waals surface area contributed by atoms with Gasteiger partial charge >= 0.3 is 5.97 Å². The average Bonchev–Trinajstić information content (AvgIpc) is 2.78. The van der Waals surface area contributed by atoms with Gasteiger partial charge in [-0.15, -0.1) is 11.3 Å². The molecule has 0 aliphatic carbocycles. The normalized spacial score (nSPS) is 12.6. The number of hydrogen-bond acceptors (Lipinski definition) is 6. The van der Waals surface area contributed by atoms with Gasteiger partial charge in [0.2, 0.25) is 5.91 Å². The van der Waals surface area contributed by atoms with Gasteiger partial charge in [0.1, 0.15) is 11.6 Å². The molecule has 0 unspecified atom stereocenters. The molecule has 0 fully saturated rings. The Kier molecular flexibility index (Phi) is 5.97. The zero-order chi connectivity index (χ0) is 14.4. The SMILES string of the molecule is Cc1csc(/C=N\N(CC(=O)O)C(=O)[C@H](C)CS)n1. The molecule has 19 heavy (non-hydrogen) atoms. The molecule has 1 heterocycles. The topological polar surface area (TPSA) is 82.9 Å². The fourth-order valence-corrected chi connectivity index (χ4v) is 1.99. The molecular weight excluding hydrogens is 286 g/mol. The number of thiol groups is 1. The van der Waals surface area contributed by atoms with E-state index in [2.05, 4.69) is 22.7 Å². The van der Waals surface area contributed by atoms with Crippen LogP contribution < -0.4 is 0 Å². The number of aryl methyl sites for hydroxylation is 1. The summed E-state index contributed by atoms with van der Waals surface area (Å²) in [6.45, 7) is 3.04. The molecule has 1 amide bonds. The van der Waals surface area contributed by atoms with Gasteiger partial charge in [-0.1, -0.05) is 6.92 Å². The summed E-state index contributed by atoms with van der Waals surface area (Å²) >= 11 is 5.40. The average molecular weight is 301 g/mol. The Morgan fingerprint density at radius 3 is 2.84 bits per heavy atom. The van der Waals surface area contributed by atoms with E-state index in [1.165, 1.54) is 17.6 Å². The molecule has 1 aromatic heterocycles. The Morgan fingerprint density at radius 2 is 2.37 bits per heavy atom. The third kappa shape index (κ3) is 4.99. The molecule has 1 N–H and O–H groups in total.